The lowest BCUT2D eigenvalue weighted by Crippen LogP contribution is -2.41. The summed E-state index contributed by atoms with van der Waals surface area (Å²) < 4.78 is 0. The molecule has 5 nitrogen and oxygen atoms in total. The minimum atomic E-state index is -0.112. The number of aliphatic hydroxyl groups is 1. The van der Waals surface area contributed by atoms with Crippen LogP contribution in [0.25, 0.3) is 0 Å². The summed E-state index contributed by atoms with van der Waals surface area (Å²) in [5.41, 5.74) is 2.14. The Morgan fingerprint density at radius 2 is 2.25 bits per heavy atom. The van der Waals surface area contributed by atoms with Crippen molar-refractivity contribution < 1.29 is 9.90 Å². The minimum absolute atomic E-state index is 0.0864. The zero-order valence-corrected chi connectivity index (χ0v) is 10.1. The summed E-state index contributed by atoms with van der Waals surface area (Å²) in [6, 6.07) is 0.370. The Morgan fingerprint density at radius 1 is 1.62 bits per heavy atom. The summed E-state index contributed by atoms with van der Waals surface area (Å²) in [5.74, 6) is 5.52. The van der Waals surface area contributed by atoms with E-state index in [0.29, 0.717) is 18.4 Å². The number of carbonyl (C=O) groups is 1. The first-order valence-corrected chi connectivity index (χ1v) is 5.90. The number of nitrogens with two attached hydrogens (primary N) is 1. The lowest BCUT2D eigenvalue weighted by molar-refractivity contribution is -0.121. The molecule has 16 heavy (non-hydrogen) atoms. The topological polar surface area (TPSA) is 78.6 Å². The van der Waals surface area contributed by atoms with Gasteiger partial charge in [-0.25, -0.2) is 5.84 Å². The van der Waals surface area contributed by atoms with E-state index in [1.807, 2.05) is 0 Å². The Hall–Kier alpha value is -0.650. The van der Waals surface area contributed by atoms with Crippen LogP contribution >= 0.6 is 0 Å². The number of carbonyl (C=O) groups excluding carboxylic acids is 1. The van der Waals surface area contributed by atoms with Gasteiger partial charge in [0.1, 0.15) is 0 Å². The fourth-order valence-corrected chi connectivity index (χ4v) is 2.07. The van der Waals surface area contributed by atoms with E-state index in [2.05, 4.69) is 24.3 Å². The summed E-state index contributed by atoms with van der Waals surface area (Å²) in [7, 11) is 2.07. The molecule has 1 atom stereocenters. The van der Waals surface area contributed by atoms with Crippen molar-refractivity contribution in [3.05, 3.63) is 0 Å². The van der Waals surface area contributed by atoms with Gasteiger partial charge in [0, 0.05) is 19.0 Å². The van der Waals surface area contributed by atoms with Crippen LogP contribution in [0.5, 0.6) is 0 Å². The molecule has 0 radical (unpaired) electrons. The standard InChI is InChI=1S/C11H23N3O2/c1-8(3-4-11(16)13-12)14(2)7-9-5-10(15)6-9/h8-10,15H,3-7,12H2,1-2H3,(H,13,16). The molecule has 1 aliphatic carbocycles. The molecule has 0 aliphatic heterocycles. The van der Waals surface area contributed by atoms with Crippen LogP contribution in [0.15, 0.2) is 0 Å². The van der Waals surface area contributed by atoms with Crippen molar-refractivity contribution in [2.24, 2.45) is 11.8 Å². The van der Waals surface area contributed by atoms with E-state index < -0.39 is 0 Å². The second-order valence-corrected chi connectivity index (χ2v) is 4.89. The summed E-state index contributed by atoms with van der Waals surface area (Å²) in [6.07, 6.45) is 3.03. The SMILES string of the molecule is CC(CCC(=O)NN)N(C)CC1CC(O)C1. The fourth-order valence-electron chi connectivity index (χ4n) is 2.07. The lowest BCUT2D eigenvalue weighted by Gasteiger charge is -2.36. The zero-order chi connectivity index (χ0) is 12.1. The zero-order valence-electron chi connectivity index (χ0n) is 10.1. The van der Waals surface area contributed by atoms with E-state index in [0.717, 1.165) is 25.8 Å². The third-order valence-corrected chi connectivity index (χ3v) is 3.46. The Bertz CT molecular complexity index is 229. The molecule has 0 bridgehead atoms. The number of nitrogens with one attached hydrogen (secondary N) is 1. The van der Waals surface area contributed by atoms with Crippen molar-refractivity contribution in [1.82, 2.24) is 10.3 Å². The highest BCUT2D eigenvalue weighted by atomic mass is 16.3. The van der Waals surface area contributed by atoms with Crippen molar-refractivity contribution in [2.45, 2.75) is 44.8 Å². The first-order chi connectivity index (χ1) is 7.52. The molecule has 0 saturated heterocycles. The molecule has 1 amide bonds. The van der Waals surface area contributed by atoms with Crippen molar-refractivity contribution in [2.75, 3.05) is 13.6 Å². The van der Waals surface area contributed by atoms with Gasteiger partial charge in [-0.15, -0.1) is 0 Å². The van der Waals surface area contributed by atoms with Gasteiger partial charge in [0.15, 0.2) is 0 Å². The molecule has 1 unspecified atom stereocenters. The number of amides is 1. The molecule has 1 aliphatic rings. The van der Waals surface area contributed by atoms with Crippen LogP contribution in [0.4, 0.5) is 0 Å². The maximum Gasteiger partial charge on any atom is 0.233 e. The van der Waals surface area contributed by atoms with E-state index in [1.165, 1.54) is 0 Å². The number of nitrogens with zero attached hydrogens (tertiary/aromatic N) is 1. The van der Waals surface area contributed by atoms with Crippen LogP contribution in [-0.2, 0) is 4.79 Å². The molecule has 1 rings (SSSR count). The molecule has 1 saturated carbocycles. The van der Waals surface area contributed by atoms with Crippen LogP contribution in [-0.4, -0.2) is 41.7 Å². The minimum Gasteiger partial charge on any atom is -0.393 e. The van der Waals surface area contributed by atoms with E-state index in [9.17, 15) is 9.90 Å². The van der Waals surface area contributed by atoms with Gasteiger partial charge in [-0.2, -0.15) is 0 Å². The highest BCUT2D eigenvalue weighted by Crippen LogP contribution is 2.28. The molecule has 1 fully saturated rings. The molecule has 0 aromatic carbocycles. The third kappa shape index (κ3) is 4.08. The highest BCUT2D eigenvalue weighted by molar-refractivity contribution is 5.75. The normalized spacial score (nSPS) is 26.3. The number of hydrazine groups is 1. The van der Waals surface area contributed by atoms with Gasteiger partial charge in [0.2, 0.25) is 5.91 Å². The second-order valence-electron chi connectivity index (χ2n) is 4.89. The molecule has 4 N–H and O–H groups in total. The average Bonchev–Trinajstić information content (AvgIpc) is 2.22. The van der Waals surface area contributed by atoms with Crippen molar-refractivity contribution in [1.29, 1.82) is 0 Å². The van der Waals surface area contributed by atoms with Gasteiger partial charge in [0.05, 0.1) is 6.10 Å². The van der Waals surface area contributed by atoms with Gasteiger partial charge >= 0.3 is 0 Å². The van der Waals surface area contributed by atoms with Crippen LogP contribution < -0.4 is 11.3 Å². The van der Waals surface area contributed by atoms with Crippen molar-refractivity contribution in [3.63, 3.8) is 0 Å². The summed E-state index contributed by atoms with van der Waals surface area (Å²) in [5, 5.41) is 9.19. The monoisotopic (exact) mass is 229 g/mol. The highest BCUT2D eigenvalue weighted by Gasteiger charge is 2.28. The first-order valence-electron chi connectivity index (χ1n) is 5.90. The third-order valence-electron chi connectivity index (χ3n) is 3.46. The van der Waals surface area contributed by atoms with Gasteiger partial charge in [-0.1, -0.05) is 0 Å². The largest absolute Gasteiger partial charge is 0.393 e. The molecule has 0 aromatic heterocycles. The second kappa shape index (κ2) is 6.18. The smallest absolute Gasteiger partial charge is 0.233 e. The number of hydrogen-bond acceptors (Lipinski definition) is 4. The van der Waals surface area contributed by atoms with Gasteiger partial charge < -0.3 is 10.0 Å². The summed E-state index contributed by atoms with van der Waals surface area (Å²) >= 11 is 0. The van der Waals surface area contributed by atoms with E-state index in [4.69, 9.17) is 5.84 Å². The lowest BCUT2D eigenvalue weighted by atomic mass is 9.82. The molecular formula is C11H23N3O2. The van der Waals surface area contributed by atoms with Crippen LogP contribution in [0.1, 0.15) is 32.6 Å². The molecule has 5 heteroatoms. The summed E-state index contributed by atoms with van der Waals surface area (Å²) in [6.45, 7) is 3.11. The van der Waals surface area contributed by atoms with E-state index in [1.54, 1.807) is 0 Å². The van der Waals surface area contributed by atoms with E-state index in [-0.39, 0.29) is 12.0 Å². The molecule has 94 valence electrons. The maximum atomic E-state index is 11.0. The average molecular weight is 229 g/mol. The Kier molecular flexibility index (Phi) is 5.18. The Morgan fingerprint density at radius 3 is 2.75 bits per heavy atom. The number of hydrogen-bond donors (Lipinski definition) is 3. The predicted molar refractivity (Wildman–Crippen MR) is 62.4 cm³/mol. The van der Waals surface area contributed by atoms with Crippen LogP contribution in [0.3, 0.4) is 0 Å². The van der Waals surface area contributed by atoms with E-state index >= 15 is 0 Å². The summed E-state index contributed by atoms with van der Waals surface area (Å²) in [4.78, 5) is 13.2. The van der Waals surface area contributed by atoms with Crippen LogP contribution in [0.2, 0.25) is 0 Å². The molecule has 0 aromatic rings. The fraction of sp³-hybridized carbons (Fsp3) is 0.909. The molecule has 0 spiro atoms. The van der Waals surface area contributed by atoms with Crippen molar-refractivity contribution in [3.8, 4) is 0 Å². The first kappa shape index (κ1) is 13.4. The van der Waals surface area contributed by atoms with Crippen LogP contribution in [0, 0.1) is 5.92 Å². The quantitative estimate of drug-likeness (QED) is 0.336. The number of rotatable bonds is 6. The molecular weight excluding hydrogens is 206 g/mol. The maximum absolute atomic E-state index is 11.0. The van der Waals surface area contributed by atoms with Gasteiger partial charge in [0.25, 0.3) is 0 Å². The van der Waals surface area contributed by atoms with Crippen molar-refractivity contribution >= 4 is 5.91 Å². The van der Waals surface area contributed by atoms with Gasteiger partial charge in [-0.3, -0.25) is 10.2 Å². The number of aliphatic hydroxyl groups excluding tert-OH is 1. The van der Waals surface area contributed by atoms with Gasteiger partial charge in [-0.05, 0) is 39.2 Å². The Labute approximate surface area is 97.0 Å². The Balaban J connectivity index is 2.15. The molecule has 0 heterocycles. The predicted octanol–water partition coefficient (Wildman–Crippen LogP) is -0.152.